The van der Waals surface area contributed by atoms with Gasteiger partial charge in [0.05, 0.1) is 0 Å². The van der Waals surface area contributed by atoms with Crippen molar-refractivity contribution in [3.05, 3.63) is 510 Å². The van der Waals surface area contributed by atoms with Crippen LogP contribution in [0.2, 0.25) is 0 Å². The van der Waals surface area contributed by atoms with Gasteiger partial charge in [0.15, 0.2) is 11.2 Å². The number of fused-ring (bicyclic) bond motifs is 29. The smallest absolute Gasteiger partial charge is 0.178 e. The molecule has 0 fully saturated rings. The lowest BCUT2D eigenvalue weighted by molar-refractivity contribution is 0.633. The number of para-hydroxylation sites is 3. The van der Waals surface area contributed by atoms with Crippen molar-refractivity contribution < 1.29 is 26.5 Å². The van der Waals surface area contributed by atoms with Crippen LogP contribution in [0, 0.1) is 0 Å². The summed E-state index contributed by atoms with van der Waals surface area (Å²) in [6.45, 7) is 0. The molecule has 696 valence electrons. The number of furan rings is 6. The topological polar surface area (TPSA) is 78.8 Å². The zero-order valence-electron chi connectivity index (χ0n) is 80.9. The van der Waals surface area contributed by atoms with Crippen molar-refractivity contribution >= 4 is 229 Å². The molecule has 0 N–H and O–H groups in total. The molecule has 0 unspecified atom stereocenters. The van der Waals surface area contributed by atoms with Crippen LogP contribution in [0.4, 0.5) is 0 Å². The fraction of sp³-hybridized carbons (Fsp3) is 0. The van der Waals surface area contributed by atoms with Crippen molar-refractivity contribution in [1.29, 1.82) is 0 Å². The third kappa shape index (κ3) is 13.6. The minimum absolute atomic E-state index is 0.795. The summed E-state index contributed by atoms with van der Waals surface area (Å²) < 4.78 is 38.2. The van der Waals surface area contributed by atoms with Gasteiger partial charge < -0.3 is 26.5 Å². The molecule has 0 aliphatic carbocycles. The highest BCUT2D eigenvalue weighted by molar-refractivity contribution is 6.30. The van der Waals surface area contributed by atoms with Gasteiger partial charge in [-0.25, -0.2) is 0 Å². The number of benzene rings is 27. The van der Waals surface area contributed by atoms with Gasteiger partial charge in [0.25, 0.3) is 0 Å². The molecular weight excluding hydrogens is 1830 g/mol. The highest BCUT2D eigenvalue weighted by Gasteiger charge is 2.27. The van der Waals surface area contributed by atoms with E-state index in [-0.39, 0.29) is 0 Å². The Morgan fingerprint density at radius 2 is 0.300 bits per heavy atom. The lowest BCUT2D eigenvalue weighted by atomic mass is 9.85. The molecule has 33 aromatic rings. The van der Waals surface area contributed by atoms with Crippen LogP contribution in [0.15, 0.2) is 536 Å². The van der Waals surface area contributed by atoms with Gasteiger partial charge in [0, 0.05) is 70.7 Å². The molecule has 0 saturated carbocycles. The Bertz CT molecular complexity index is 11300. The second-order valence-corrected chi connectivity index (χ2v) is 39.7. The summed E-state index contributed by atoms with van der Waals surface area (Å²) in [5.74, 6) is 0. The molecule has 33 rings (SSSR count). The summed E-state index contributed by atoms with van der Waals surface area (Å²) in [5.41, 5.74) is 32.3. The highest BCUT2D eigenvalue weighted by Crippen LogP contribution is 2.53. The van der Waals surface area contributed by atoms with E-state index in [1.165, 1.54) is 186 Å². The van der Waals surface area contributed by atoms with Gasteiger partial charge in [-0.2, -0.15) is 0 Å². The number of hydrogen-bond donors (Lipinski definition) is 0. The summed E-state index contributed by atoms with van der Waals surface area (Å²) in [6, 6.07) is 183. The van der Waals surface area contributed by atoms with E-state index in [9.17, 15) is 0 Å². The van der Waals surface area contributed by atoms with E-state index in [0.29, 0.717) is 0 Å². The Morgan fingerprint density at radius 3 is 0.653 bits per heavy atom. The third-order valence-corrected chi connectivity index (χ3v) is 31.3. The lowest BCUT2D eigenvalue weighted by Crippen LogP contribution is -1.91. The molecule has 0 aliphatic rings. The number of hydrogen-bond acceptors (Lipinski definition) is 6. The van der Waals surface area contributed by atoms with Crippen molar-refractivity contribution in [2.24, 2.45) is 0 Å². The van der Waals surface area contributed by atoms with Gasteiger partial charge in [-0.15, -0.1) is 0 Å². The normalized spacial score (nSPS) is 12.0. The Labute approximate surface area is 858 Å². The van der Waals surface area contributed by atoms with Crippen LogP contribution in [0.25, 0.3) is 329 Å². The third-order valence-electron chi connectivity index (χ3n) is 31.3. The minimum Gasteiger partial charge on any atom is -0.456 e. The predicted molar refractivity (Wildman–Crippen MR) is 629 cm³/mol. The predicted octanol–water partition coefficient (Wildman–Crippen LogP) is 41.8. The molecule has 150 heavy (non-hydrogen) atoms. The van der Waals surface area contributed by atoms with Crippen LogP contribution in [0.3, 0.4) is 0 Å². The molecule has 0 atom stereocenters. The second-order valence-electron chi connectivity index (χ2n) is 39.7. The maximum atomic E-state index is 6.51. The zero-order valence-corrected chi connectivity index (χ0v) is 80.9. The lowest BCUT2D eigenvalue weighted by Gasteiger charge is -2.18. The molecule has 27 aromatic carbocycles. The molecule has 6 nitrogen and oxygen atoms in total. The first-order valence-electron chi connectivity index (χ1n) is 51.2. The van der Waals surface area contributed by atoms with E-state index in [1.807, 2.05) is 60.7 Å². The van der Waals surface area contributed by atoms with E-state index in [0.717, 1.165) is 143 Å². The Balaban J connectivity index is 0.000000101. The van der Waals surface area contributed by atoms with Gasteiger partial charge >= 0.3 is 0 Å². The molecule has 0 saturated heterocycles. The minimum atomic E-state index is 0.795. The second kappa shape index (κ2) is 33.9. The fourth-order valence-corrected chi connectivity index (χ4v) is 24.4. The largest absolute Gasteiger partial charge is 0.456 e. The molecule has 0 aliphatic heterocycles. The Morgan fingerprint density at radius 1 is 0.0933 bits per heavy atom. The average molecular weight is 1910 g/mol. The molecule has 6 heterocycles. The van der Waals surface area contributed by atoms with Gasteiger partial charge in [-0.05, 0) is 318 Å². The van der Waals surface area contributed by atoms with Gasteiger partial charge in [0.2, 0.25) is 0 Å². The zero-order chi connectivity index (χ0) is 98.3. The standard InChI is InChI=1S/3C48H28O2/c1-2-10-29(11-3-1)30-18-19-32-27-33(21-20-31(32)26-30)45-36-13-4-6-15-38(36)46(39-16-7-5-14-37(39)45)34-22-25-44-42(28-34)41-24-23-40-35-12-8-9-17-43(35)49-47(40)48(41)50-44;1-2-10-29(11-3-1)30-18-19-32-25-33(21-20-31(32)24-30)47-36-13-4-6-15-38(36)48(39-16-7-5-14-37(39)47)34-22-23-44-40(26-34)42-27-41-35-12-8-9-17-43(35)49-45(41)28-46(42)50-44;1-2-10-29(11-3-1)30-18-19-32-27-33(21-20-31(32)26-30)45-35-12-4-6-14-37(35)46(38-15-7-5-13-36(38)45)34-22-23-42-40(28-34)48-44(50-42)25-24-43-47(48)39-16-8-9-17-41(39)49-43/h3*1-28H. The first kappa shape index (κ1) is 84.6. The van der Waals surface area contributed by atoms with E-state index in [4.69, 9.17) is 26.5 Å². The Hall–Kier alpha value is -19.9. The number of rotatable bonds is 9. The van der Waals surface area contributed by atoms with Gasteiger partial charge in [0.1, 0.15) is 55.8 Å². The SMILES string of the molecule is c1ccc(-c2ccc3cc(-c4c5ccccc5c(-c5ccc6oc7c(ccc8c9ccccc9oc87)c6c5)c5ccccc45)ccc3c2)cc1.c1ccc(-c2ccc3cc(-c4c5ccccc5c(-c5ccc6oc7cc8oc9ccccc9c8cc7c6c5)c5ccccc45)ccc3c2)cc1.c1ccc(-c2ccc3cc(-c4c5ccccc5c(-c5ccc6oc7ccc8oc9ccccc9c8c7c6c5)c5ccccc45)ccc3c2)cc1. The van der Waals surface area contributed by atoms with E-state index in [1.54, 1.807) is 0 Å². The van der Waals surface area contributed by atoms with Crippen LogP contribution < -0.4 is 0 Å². The highest BCUT2D eigenvalue weighted by atomic mass is 16.4. The van der Waals surface area contributed by atoms with Crippen LogP contribution in [-0.2, 0) is 0 Å². The van der Waals surface area contributed by atoms with Crippen molar-refractivity contribution in [1.82, 2.24) is 0 Å². The molecule has 6 heteroatoms. The van der Waals surface area contributed by atoms with E-state index in [2.05, 4.69) is 449 Å². The molecular formula is C144H84O6. The van der Waals surface area contributed by atoms with E-state index < -0.39 is 0 Å². The summed E-state index contributed by atoms with van der Waals surface area (Å²) >= 11 is 0. The Kier molecular flexibility index (Phi) is 19.1. The van der Waals surface area contributed by atoms with E-state index >= 15 is 0 Å². The summed E-state index contributed by atoms with van der Waals surface area (Å²) in [7, 11) is 0. The summed E-state index contributed by atoms with van der Waals surface area (Å²) in [4.78, 5) is 0. The van der Waals surface area contributed by atoms with Crippen molar-refractivity contribution in [3.8, 4) is 100 Å². The van der Waals surface area contributed by atoms with Crippen molar-refractivity contribution in [2.75, 3.05) is 0 Å². The maximum Gasteiger partial charge on any atom is 0.178 e. The molecule has 0 radical (unpaired) electrons. The molecule has 0 bridgehead atoms. The van der Waals surface area contributed by atoms with Crippen LogP contribution in [0.1, 0.15) is 0 Å². The van der Waals surface area contributed by atoms with Gasteiger partial charge in [-0.1, -0.05) is 382 Å². The van der Waals surface area contributed by atoms with Crippen LogP contribution in [-0.4, -0.2) is 0 Å². The average Bonchev–Trinajstić information content (AvgIpc) is 1.45. The summed E-state index contributed by atoms with van der Waals surface area (Å²) in [6.07, 6.45) is 0. The molecule has 0 spiro atoms. The first-order chi connectivity index (χ1) is 74.3. The monoisotopic (exact) mass is 1910 g/mol. The van der Waals surface area contributed by atoms with Crippen molar-refractivity contribution in [3.63, 3.8) is 0 Å². The van der Waals surface area contributed by atoms with Crippen LogP contribution >= 0.6 is 0 Å². The summed E-state index contributed by atoms with van der Waals surface area (Å²) in [5, 5.41) is 35.4. The maximum absolute atomic E-state index is 6.51. The molecule has 6 aromatic heterocycles. The quantitative estimate of drug-likeness (QED) is 0.134. The van der Waals surface area contributed by atoms with Crippen molar-refractivity contribution in [2.45, 2.75) is 0 Å². The van der Waals surface area contributed by atoms with Gasteiger partial charge in [-0.3, -0.25) is 0 Å². The van der Waals surface area contributed by atoms with Crippen LogP contribution in [0.5, 0.6) is 0 Å². The fourth-order valence-electron chi connectivity index (χ4n) is 24.4. The first-order valence-corrected chi connectivity index (χ1v) is 51.2. The molecule has 0 amide bonds.